The van der Waals surface area contributed by atoms with E-state index >= 15 is 0 Å². The van der Waals surface area contributed by atoms with Crippen molar-refractivity contribution in [1.82, 2.24) is 0 Å². The molecule has 3 atom stereocenters. The summed E-state index contributed by atoms with van der Waals surface area (Å²) in [6.07, 6.45) is 1.94. The van der Waals surface area contributed by atoms with Crippen LogP contribution in [0.1, 0.15) is 70.1 Å². The molecule has 2 aromatic carbocycles. The first-order chi connectivity index (χ1) is 18.2. The van der Waals surface area contributed by atoms with Crippen molar-refractivity contribution < 1.29 is 27.0 Å². The zero-order chi connectivity index (χ0) is 28.9. The van der Waals surface area contributed by atoms with Gasteiger partial charge in [0, 0.05) is 5.56 Å². The van der Waals surface area contributed by atoms with Gasteiger partial charge in [-0.15, -0.1) is 0 Å². The smallest absolute Gasteiger partial charge is 0.358 e. The molecular weight excluding hydrogens is 585 g/mol. The first kappa shape index (κ1) is 30.0. The van der Waals surface area contributed by atoms with E-state index in [1.165, 1.54) is 19.2 Å². The van der Waals surface area contributed by atoms with E-state index in [9.17, 15) is 13.2 Å². The van der Waals surface area contributed by atoms with Gasteiger partial charge in [-0.2, -0.15) is 8.42 Å². The lowest BCUT2D eigenvalue weighted by Gasteiger charge is -2.54. The normalized spacial score (nSPS) is 25.7. The molecule has 0 aliphatic heterocycles. The van der Waals surface area contributed by atoms with Crippen molar-refractivity contribution in [2.45, 2.75) is 76.7 Å². The number of hydrogen-bond acceptors (Lipinski definition) is 7. The number of ether oxygens (including phenoxy) is 2. The van der Waals surface area contributed by atoms with Crippen LogP contribution >= 0.6 is 34.8 Å². The van der Waals surface area contributed by atoms with Gasteiger partial charge in [0.2, 0.25) is 0 Å². The zero-order valence-electron chi connectivity index (χ0n) is 22.7. The molecule has 0 spiro atoms. The third kappa shape index (κ3) is 5.14. The lowest BCUT2D eigenvalue weighted by atomic mass is 9.49. The number of halogens is 3. The largest absolute Gasteiger partial charge is 0.488 e. The van der Waals surface area contributed by atoms with Gasteiger partial charge in [-0.25, -0.2) is 0 Å². The van der Waals surface area contributed by atoms with Crippen molar-refractivity contribution in [3.8, 4) is 5.75 Å². The Morgan fingerprint density at radius 3 is 2.28 bits per heavy atom. The lowest BCUT2D eigenvalue weighted by molar-refractivity contribution is -0.160. The summed E-state index contributed by atoms with van der Waals surface area (Å²) in [6, 6.07) is 6.24. The van der Waals surface area contributed by atoms with Gasteiger partial charge in [-0.3, -0.25) is 9.08 Å². The first-order valence-corrected chi connectivity index (χ1v) is 15.2. The summed E-state index contributed by atoms with van der Waals surface area (Å²) >= 11 is 20.6. The monoisotopic (exact) mass is 615 g/mol. The number of hydrogen-bond donors (Lipinski definition) is 0. The maximum absolute atomic E-state index is 13.1. The minimum atomic E-state index is -4.25. The molecule has 0 aromatic heterocycles. The summed E-state index contributed by atoms with van der Waals surface area (Å²) in [5.74, 6) is -0.535. The van der Waals surface area contributed by atoms with Gasteiger partial charge in [0.05, 0.1) is 34.4 Å². The standard InChI is InChI=1S/C28H32Cl3NO6S/c1-15(2)37-25-22(29)20-18(32-38-39(34,35)17-10-8-16(3)9-11-17)14-19-27(4,21(20)23(30)24(25)31)12-7-13-28(19,5)26(33)36-6/h8-11,15,19H,7,12-14H2,1-6H3. The second-order valence-corrected chi connectivity index (χ2v) is 13.7. The van der Waals surface area contributed by atoms with E-state index in [2.05, 4.69) is 5.16 Å². The van der Waals surface area contributed by atoms with Gasteiger partial charge in [0.1, 0.15) is 9.92 Å². The molecule has 0 bridgehead atoms. The van der Waals surface area contributed by atoms with E-state index in [0.29, 0.717) is 24.0 Å². The van der Waals surface area contributed by atoms with E-state index in [4.69, 9.17) is 48.6 Å². The number of carbonyl (C=O) groups is 1. The average Bonchev–Trinajstić information content (AvgIpc) is 2.87. The minimum Gasteiger partial charge on any atom is -0.488 e. The number of methoxy groups -OCH3 is 1. The number of benzene rings is 2. The molecule has 2 aliphatic rings. The Morgan fingerprint density at radius 1 is 1.05 bits per heavy atom. The van der Waals surface area contributed by atoms with Crippen molar-refractivity contribution in [2.24, 2.45) is 16.5 Å². The summed E-state index contributed by atoms with van der Waals surface area (Å²) in [7, 11) is -2.89. The van der Waals surface area contributed by atoms with E-state index < -0.39 is 20.9 Å². The van der Waals surface area contributed by atoms with Crippen LogP contribution in [0.5, 0.6) is 5.75 Å². The lowest BCUT2D eigenvalue weighted by Crippen LogP contribution is -2.54. The molecule has 0 amide bonds. The van der Waals surface area contributed by atoms with Crippen LogP contribution in [0.2, 0.25) is 15.1 Å². The molecule has 0 saturated heterocycles. The fraction of sp³-hybridized carbons (Fsp3) is 0.500. The molecule has 212 valence electrons. The summed E-state index contributed by atoms with van der Waals surface area (Å²) in [4.78, 5) is 13.1. The zero-order valence-corrected chi connectivity index (χ0v) is 25.8. The first-order valence-electron chi connectivity index (χ1n) is 12.7. The summed E-state index contributed by atoms with van der Waals surface area (Å²) in [6.45, 7) is 9.39. The number of fused-ring (bicyclic) bond motifs is 3. The number of esters is 1. The summed E-state index contributed by atoms with van der Waals surface area (Å²) < 4.78 is 42.5. The van der Waals surface area contributed by atoms with Crippen molar-refractivity contribution in [2.75, 3.05) is 7.11 Å². The predicted octanol–water partition coefficient (Wildman–Crippen LogP) is 7.49. The van der Waals surface area contributed by atoms with Crippen LogP contribution < -0.4 is 4.74 Å². The fourth-order valence-corrected chi connectivity index (χ4v) is 7.87. The second kappa shape index (κ2) is 10.8. The van der Waals surface area contributed by atoms with Crippen molar-refractivity contribution >= 4 is 56.6 Å². The van der Waals surface area contributed by atoms with Gasteiger partial charge in [0.15, 0.2) is 5.75 Å². The highest BCUT2D eigenvalue weighted by molar-refractivity contribution is 7.86. The molecule has 2 aromatic rings. The van der Waals surface area contributed by atoms with Crippen LogP contribution in [-0.2, 0) is 29.3 Å². The number of oxime groups is 1. The fourth-order valence-electron chi connectivity index (χ4n) is 6.11. The molecule has 3 unspecified atom stereocenters. The van der Waals surface area contributed by atoms with Gasteiger partial charge < -0.3 is 9.47 Å². The number of aryl methyl sites for hydroxylation is 1. The average molecular weight is 617 g/mol. The topological polar surface area (TPSA) is 91.3 Å². The van der Waals surface area contributed by atoms with Crippen LogP contribution in [0.4, 0.5) is 0 Å². The third-order valence-corrected chi connectivity index (χ3v) is 10.3. The van der Waals surface area contributed by atoms with Crippen LogP contribution in [0, 0.1) is 18.3 Å². The van der Waals surface area contributed by atoms with E-state index in [1.807, 2.05) is 34.6 Å². The summed E-state index contributed by atoms with van der Waals surface area (Å²) in [5, 5.41) is 4.69. The molecule has 7 nitrogen and oxygen atoms in total. The SMILES string of the molecule is COC(=O)C1(C)CCCC2(C)c3c(Cl)c(Cl)c(OC(C)C)c(Cl)c3C(=NOS(=O)(=O)c3ccc(C)cc3)CC12. The maximum Gasteiger partial charge on any atom is 0.358 e. The van der Waals surface area contributed by atoms with Gasteiger partial charge >= 0.3 is 16.1 Å². The van der Waals surface area contributed by atoms with Gasteiger partial charge in [-0.05, 0) is 76.0 Å². The second-order valence-electron chi connectivity index (χ2n) is 11.0. The van der Waals surface area contributed by atoms with E-state index in [-0.39, 0.29) is 55.8 Å². The van der Waals surface area contributed by atoms with Crippen LogP contribution in [-0.4, -0.2) is 33.3 Å². The Kier molecular flexibility index (Phi) is 8.27. The van der Waals surface area contributed by atoms with E-state index in [1.54, 1.807) is 12.1 Å². The molecule has 0 N–H and O–H groups in total. The van der Waals surface area contributed by atoms with Gasteiger partial charge in [0.25, 0.3) is 0 Å². The van der Waals surface area contributed by atoms with Crippen LogP contribution in [0.25, 0.3) is 0 Å². The molecule has 2 aliphatic carbocycles. The highest BCUT2D eigenvalue weighted by atomic mass is 35.5. The predicted molar refractivity (Wildman–Crippen MR) is 153 cm³/mol. The number of carbonyl (C=O) groups excluding carboxylic acids is 1. The molecule has 39 heavy (non-hydrogen) atoms. The minimum absolute atomic E-state index is 0.0422. The van der Waals surface area contributed by atoms with Crippen LogP contribution in [0.15, 0.2) is 34.3 Å². The molecule has 0 heterocycles. The van der Waals surface area contributed by atoms with E-state index in [0.717, 1.165) is 12.0 Å². The van der Waals surface area contributed by atoms with Crippen LogP contribution in [0.3, 0.4) is 0 Å². The highest BCUT2D eigenvalue weighted by Crippen LogP contribution is 2.62. The van der Waals surface area contributed by atoms with Crippen molar-refractivity contribution in [1.29, 1.82) is 0 Å². The molecular formula is C28H32Cl3NO6S. The van der Waals surface area contributed by atoms with Crippen molar-refractivity contribution in [3.63, 3.8) is 0 Å². The molecule has 11 heteroatoms. The number of rotatable bonds is 6. The third-order valence-electron chi connectivity index (χ3n) is 8.03. The molecule has 0 radical (unpaired) electrons. The molecule has 1 fully saturated rings. The summed E-state index contributed by atoms with van der Waals surface area (Å²) in [5.41, 5.74) is 0.593. The Bertz CT molecular complexity index is 1440. The van der Waals surface area contributed by atoms with Gasteiger partial charge in [-0.1, -0.05) is 71.0 Å². The quantitative estimate of drug-likeness (QED) is 0.190. The molecule has 1 saturated carbocycles. The molecule has 4 rings (SSSR count). The Balaban J connectivity index is 1.96. The highest BCUT2D eigenvalue weighted by Gasteiger charge is 2.58. The number of nitrogens with zero attached hydrogens (tertiary/aromatic N) is 1. The van der Waals surface area contributed by atoms with Crippen molar-refractivity contribution in [3.05, 3.63) is 56.0 Å². The Labute approximate surface area is 244 Å². The Hall–Kier alpha value is -2.00. The maximum atomic E-state index is 13.1. The Morgan fingerprint density at radius 2 is 1.69 bits per heavy atom.